The van der Waals surface area contributed by atoms with Gasteiger partial charge in [0.25, 0.3) is 0 Å². The highest BCUT2D eigenvalue weighted by atomic mass is 16.1. The second-order valence-electron chi connectivity index (χ2n) is 4.97. The van der Waals surface area contributed by atoms with Gasteiger partial charge in [0, 0.05) is 17.5 Å². The lowest BCUT2D eigenvalue weighted by Crippen LogP contribution is -2.38. The molecule has 2 N–H and O–H groups in total. The van der Waals surface area contributed by atoms with Crippen LogP contribution < -0.4 is 5.73 Å². The average molecular weight is 231 g/mol. The number of nitrogens with two attached hydrogens (primary N) is 1. The van der Waals surface area contributed by atoms with Gasteiger partial charge in [0.2, 0.25) is 0 Å². The minimum Gasteiger partial charge on any atom is -0.327 e. The summed E-state index contributed by atoms with van der Waals surface area (Å²) < 4.78 is 0. The standard InChI is InChI=1S/C15H21NO/c1-2-11-7-9-12(10-8-11)15(17)13-5-3-4-6-14(13)16/h7-10,13-14H,2-6,16H2,1H3. The summed E-state index contributed by atoms with van der Waals surface area (Å²) in [6.45, 7) is 2.12. The van der Waals surface area contributed by atoms with Crippen LogP contribution in [0.2, 0.25) is 0 Å². The fourth-order valence-corrected chi connectivity index (χ4v) is 2.60. The van der Waals surface area contributed by atoms with Crippen LogP contribution in [0.5, 0.6) is 0 Å². The first kappa shape index (κ1) is 12.3. The Morgan fingerprint density at radius 2 is 1.88 bits per heavy atom. The third-order valence-corrected chi connectivity index (χ3v) is 3.80. The van der Waals surface area contributed by atoms with Gasteiger partial charge >= 0.3 is 0 Å². The lowest BCUT2D eigenvalue weighted by molar-refractivity contribution is 0.0871. The molecule has 0 spiro atoms. The molecule has 2 unspecified atom stereocenters. The molecule has 1 aliphatic rings. The summed E-state index contributed by atoms with van der Waals surface area (Å²) >= 11 is 0. The highest BCUT2D eigenvalue weighted by molar-refractivity contribution is 5.98. The monoisotopic (exact) mass is 231 g/mol. The quantitative estimate of drug-likeness (QED) is 0.813. The van der Waals surface area contributed by atoms with E-state index in [0.29, 0.717) is 0 Å². The van der Waals surface area contributed by atoms with Crippen molar-refractivity contribution in [3.8, 4) is 0 Å². The molecule has 2 rings (SSSR count). The van der Waals surface area contributed by atoms with E-state index in [1.54, 1.807) is 0 Å². The van der Waals surface area contributed by atoms with Crippen LogP contribution in [0.1, 0.15) is 48.5 Å². The summed E-state index contributed by atoms with van der Waals surface area (Å²) in [7, 11) is 0. The van der Waals surface area contributed by atoms with Gasteiger partial charge in [-0.3, -0.25) is 4.79 Å². The summed E-state index contributed by atoms with van der Waals surface area (Å²) in [5.41, 5.74) is 8.15. The van der Waals surface area contributed by atoms with Gasteiger partial charge < -0.3 is 5.73 Å². The van der Waals surface area contributed by atoms with Crippen LogP contribution in [-0.2, 0) is 6.42 Å². The number of ketones is 1. The first-order valence-corrected chi connectivity index (χ1v) is 6.61. The molecule has 1 fully saturated rings. The normalized spacial score (nSPS) is 24.6. The second-order valence-corrected chi connectivity index (χ2v) is 4.97. The molecule has 0 aliphatic heterocycles. The van der Waals surface area contributed by atoms with E-state index in [-0.39, 0.29) is 17.7 Å². The topological polar surface area (TPSA) is 43.1 Å². The van der Waals surface area contributed by atoms with E-state index >= 15 is 0 Å². The number of hydrogen-bond acceptors (Lipinski definition) is 2. The number of Topliss-reactive ketones (excluding diaryl/α,β-unsaturated/α-hetero) is 1. The molecule has 2 nitrogen and oxygen atoms in total. The molecule has 0 bridgehead atoms. The average Bonchev–Trinajstić information content (AvgIpc) is 2.39. The van der Waals surface area contributed by atoms with Crippen LogP contribution in [0.25, 0.3) is 0 Å². The van der Waals surface area contributed by atoms with Crippen molar-refractivity contribution in [2.24, 2.45) is 11.7 Å². The number of benzene rings is 1. The van der Waals surface area contributed by atoms with Crippen LogP contribution in [0, 0.1) is 5.92 Å². The Bertz CT molecular complexity index is 382. The van der Waals surface area contributed by atoms with Crippen molar-refractivity contribution in [2.45, 2.75) is 45.1 Å². The van der Waals surface area contributed by atoms with Crippen molar-refractivity contribution in [1.82, 2.24) is 0 Å². The Labute approximate surface area is 103 Å². The van der Waals surface area contributed by atoms with Crippen LogP contribution in [0.3, 0.4) is 0 Å². The Balaban J connectivity index is 2.12. The second kappa shape index (κ2) is 5.46. The van der Waals surface area contributed by atoms with E-state index < -0.39 is 0 Å². The zero-order chi connectivity index (χ0) is 12.3. The SMILES string of the molecule is CCc1ccc(C(=O)C2CCCCC2N)cc1. The van der Waals surface area contributed by atoms with E-state index in [2.05, 4.69) is 6.92 Å². The van der Waals surface area contributed by atoms with Crippen LogP contribution in [-0.4, -0.2) is 11.8 Å². The summed E-state index contributed by atoms with van der Waals surface area (Å²) in [4.78, 5) is 12.3. The van der Waals surface area contributed by atoms with Crippen molar-refractivity contribution >= 4 is 5.78 Å². The van der Waals surface area contributed by atoms with Crippen molar-refractivity contribution in [2.75, 3.05) is 0 Å². The van der Waals surface area contributed by atoms with E-state index in [1.165, 1.54) is 12.0 Å². The first-order chi connectivity index (χ1) is 8.22. The van der Waals surface area contributed by atoms with Crippen LogP contribution in [0.15, 0.2) is 24.3 Å². The smallest absolute Gasteiger partial charge is 0.167 e. The Hall–Kier alpha value is -1.15. The van der Waals surface area contributed by atoms with Crippen molar-refractivity contribution in [3.63, 3.8) is 0 Å². The predicted molar refractivity (Wildman–Crippen MR) is 70.1 cm³/mol. The molecular formula is C15H21NO. The van der Waals surface area contributed by atoms with Gasteiger partial charge in [0.1, 0.15) is 0 Å². The molecule has 0 radical (unpaired) electrons. The van der Waals surface area contributed by atoms with Gasteiger partial charge in [0.15, 0.2) is 5.78 Å². The molecular weight excluding hydrogens is 210 g/mol. The first-order valence-electron chi connectivity index (χ1n) is 6.61. The number of aryl methyl sites for hydroxylation is 1. The Morgan fingerprint density at radius 1 is 1.24 bits per heavy atom. The van der Waals surface area contributed by atoms with Crippen molar-refractivity contribution < 1.29 is 4.79 Å². The molecule has 92 valence electrons. The Kier molecular flexibility index (Phi) is 3.95. The van der Waals surface area contributed by atoms with Gasteiger partial charge in [-0.1, -0.05) is 44.0 Å². The number of rotatable bonds is 3. The molecule has 0 aromatic heterocycles. The molecule has 1 saturated carbocycles. The summed E-state index contributed by atoms with van der Waals surface area (Å²) in [6.07, 6.45) is 5.26. The highest BCUT2D eigenvalue weighted by Gasteiger charge is 2.28. The lowest BCUT2D eigenvalue weighted by Gasteiger charge is -2.27. The zero-order valence-electron chi connectivity index (χ0n) is 10.5. The molecule has 0 saturated heterocycles. The fraction of sp³-hybridized carbons (Fsp3) is 0.533. The van der Waals surface area contributed by atoms with Gasteiger partial charge in [-0.15, -0.1) is 0 Å². The van der Waals surface area contributed by atoms with Gasteiger partial charge in [-0.05, 0) is 24.8 Å². The summed E-state index contributed by atoms with van der Waals surface area (Å²) in [6, 6.07) is 8.04. The van der Waals surface area contributed by atoms with Gasteiger partial charge in [0.05, 0.1) is 0 Å². The van der Waals surface area contributed by atoms with E-state index in [0.717, 1.165) is 31.2 Å². The Morgan fingerprint density at radius 3 is 2.47 bits per heavy atom. The number of carbonyl (C=O) groups is 1. The van der Waals surface area contributed by atoms with E-state index in [1.807, 2.05) is 24.3 Å². The molecule has 1 aromatic carbocycles. The van der Waals surface area contributed by atoms with E-state index in [9.17, 15) is 4.79 Å². The maximum atomic E-state index is 12.3. The number of hydrogen-bond donors (Lipinski definition) is 1. The van der Waals surface area contributed by atoms with Crippen LogP contribution in [0.4, 0.5) is 0 Å². The minimum atomic E-state index is 0.0382. The number of carbonyl (C=O) groups excluding carboxylic acids is 1. The van der Waals surface area contributed by atoms with Crippen LogP contribution >= 0.6 is 0 Å². The van der Waals surface area contributed by atoms with Crippen molar-refractivity contribution in [3.05, 3.63) is 35.4 Å². The zero-order valence-corrected chi connectivity index (χ0v) is 10.5. The molecule has 2 atom stereocenters. The third-order valence-electron chi connectivity index (χ3n) is 3.80. The lowest BCUT2D eigenvalue weighted by atomic mass is 9.80. The molecule has 0 heterocycles. The fourth-order valence-electron chi connectivity index (χ4n) is 2.60. The third kappa shape index (κ3) is 2.75. The molecule has 0 amide bonds. The van der Waals surface area contributed by atoms with E-state index in [4.69, 9.17) is 5.73 Å². The molecule has 1 aliphatic carbocycles. The highest BCUT2D eigenvalue weighted by Crippen LogP contribution is 2.26. The summed E-state index contributed by atoms with van der Waals surface area (Å²) in [5.74, 6) is 0.274. The van der Waals surface area contributed by atoms with Crippen molar-refractivity contribution in [1.29, 1.82) is 0 Å². The molecule has 17 heavy (non-hydrogen) atoms. The maximum Gasteiger partial charge on any atom is 0.167 e. The largest absolute Gasteiger partial charge is 0.327 e. The van der Waals surface area contributed by atoms with Gasteiger partial charge in [-0.25, -0.2) is 0 Å². The summed E-state index contributed by atoms with van der Waals surface area (Å²) in [5, 5.41) is 0. The molecule has 1 aromatic rings. The van der Waals surface area contributed by atoms with Gasteiger partial charge in [-0.2, -0.15) is 0 Å². The molecule has 2 heteroatoms. The maximum absolute atomic E-state index is 12.3. The predicted octanol–water partition coefficient (Wildman–Crippen LogP) is 2.95. The minimum absolute atomic E-state index is 0.0382.